The Morgan fingerprint density at radius 1 is 1.31 bits per heavy atom. The molecule has 0 N–H and O–H groups in total. The van der Waals surface area contributed by atoms with Crippen molar-refractivity contribution in [2.75, 3.05) is 6.61 Å². The summed E-state index contributed by atoms with van der Waals surface area (Å²) in [6.07, 6.45) is 3.72. The molecule has 0 saturated heterocycles. The molecule has 1 aromatic rings. The van der Waals surface area contributed by atoms with Crippen molar-refractivity contribution in [2.24, 2.45) is 0 Å². The first-order chi connectivity index (χ1) is 6.33. The van der Waals surface area contributed by atoms with E-state index in [1.165, 1.54) is 5.56 Å². The number of ether oxygens (including phenoxy) is 1. The van der Waals surface area contributed by atoms with Crippen LogP contribution in [0.25, 0.3) is 6.08 Å². The Balaban J connectivity index is 2.49. The maximum absolute atomic E-state index is 9.80. The molecule has 68 valence electrons. The zero-order valence-electron chi connectivity index (χ0n) is 7.57. The molecule has 0 atom stereocenters. The summed E-state index contributed by atoms with van der Waals surface area (Å²) in [5.74, 6) is 0. The lowest BCUT2D eigenvalue weighted by Gasteiger charge is -1.94. The van der Waals surface area contributed by atoms with Gasteiger partial charge in [-0.1, -0.05) is 35.9 Å². The van der Waals surface area contributed by atoms with Crippen LogP contribution in [-0.2, 0) is 9.53 Å². The highest BCUT2D eigenvalue weighted by Crippen LogP contribution is 2.04. The third kappa shape index (κ3) is 3.56. The van der Waals surface area contributed by atoms with Gasteiger partial charge < -0.3 is 4.74 Å². The van der Waals surface area contributed by atoms with Crippen molar-refractivity contribution < 1.29 is 9.53 Å². The molecule has 1 rings (SSSR count). The Bertz CT molecular complexity index is 285. The molecule has 0 unspecified atom stereocenters. The summed E-state index contributed by atoms with van der Waals surface area (Å²) in [4.78, 5) is 9.80. The third-order valence-electron chi connectivity index (χ3n) is 1.65. The topological polar surface area (TPSA) is 26.3 Å². The Labute approximate surface area is 77.8 Å². The highest BCUT2D eigenvalue weighted by molar-refractivity contribution is 5.50. The van der Waals surface area contributed by atoms with Crippen LogP contribution < -0.4 is 0 Å². The lowest BCUT2D eigenvalue weighted by molar-refractivity contribution is -0.127. The van der Waals surface area contributed by atoms with Crippen molar-refractivity contribution in [1.29, 1.82) is 0 Å². The van der Waals surface area contributed by atoms with Crippen molar-refractivity contribution in [3.63, 3.8) is 0 Å². The van der Waals surface area contributed by atoms with Gasteiger partial charge in [0.2, 0.25) is 0 Å². The number of benzene rings is 1. The third-order valence-corrected chi connectivity index (χ3v) is 1.65. The van der Waals surface area contributed by atoms with Crippen molar-refractivity contribution in [1.82, 2.24) is 0 Å². The number of hydrogen-bond donors (Lipinski definition) is 0. The Hall–Kier alpha value is -1.57. The van der Waals surface area contributed by atoms with Crippen molar-refractivity contribution >= 4 is 12.5 Å². The zero-order chi connectivity index (χ0) is 9.52. The molecule has 0 fully saturated rings. The lowest BCUT2D eigenvalue weighted by Crippen LogP contribution is -1.85. The van der Waals surface area contributed by atoms with Crippen molar-refractivity contribution in [3.8, 4) is 0 Å². The van der Waals surface area contributed by atoms with E-state index in [1.54, 1.807) is 6.08 Å². The molecule has 0 bridgehead atoms. The first kappa shape index (κ1) is 9.52. The highest BCUT2D eigenvalue weighted by Gasteiger charge is 1.85. The molecular weight excluding hydrogens is 164 g/mol. The summed E-state index contributed by atoms with van der Waals surface area (Å²) < 4.78 is 4.51. The largest absolute Gasteiger partial charge is 0.464 e. The Morgan fingerprint density at radius 2 is 2.00 bits per heavy atom. The summed E-state index contributed by atoms with van der Waals surface area (Å²) >= 11 is 0. The van der Waals surface area contributed by atoms with Gasteiger partial charge in [-0.25, -0.2) is 0 Å². The maximum atomic E-state index is 9.80. The van der Waals surface area contributed by atoms with Gasteiger partial charge in [0.1, 0.15) is 6.61 Å². The van der Waals surface area contributed by atoms with Gasteiger partial charge in [0.15, 0.2) is 0 Å². The minimum atomic E-state index is 0.331. The van der Waals surface area contributed by atoms with E-state index in [0.29, 0.717) is 13.1 Å². The second kappa shape index (κ2) is 5.14. The van der Waals surface area contributed by atoms with Gasteiger partial charge in [0.05, 0.1) is 0 Å². The van der Waals surface area contributed by atoms with Crippen LogP contribution in [0.1, 0.15) is 11.1 Å². The number of hydrogen-bond acceptors (Lipinski definition) is 2. The fraction of sp³-hybridized carbons (Fsp3) is 0.182. The first-order valence-electron chi connectivity index (χ1n) is 4.11. The van der Waals surface area contributed by atoms with Gasteiger partial charge in [-0.2, -0.15) is 0 Å². The fourth-order valence-electron chi connectivity index (χ4n) is 0.957. The first-order valence-corrected chi connectivity index (χ1v) is 4.11. The summed E-state index contributed by atoms with van der Waals surface area (Å²) in [5, 5.41) is 0. The van der Waals surface area contributed by atoms with Crippen LogP contribution in [0.5, 0.6) is 0 Å². The smallest absolute Gasteiger partial charge is 0.293 e. The molecule has 0 aliphatic carbocycles. The second-order valence-corrected chi connectivity index (χ2v) is 2.74. The fourth-order valence-corrected chi connectivity index (χ4v) is 0.957. The van der Waals surface area contributed by atoms with E-state index < -0.39 is 0 Å². The molecule has 0 aliphatic rings. The van der Waals surface area contributed by atoms with Gasteiger partial charge in [0.25, 0.3) is 6.47 Å². The normalized spacial score (nSPS) is 10.2. The number of carbonyl (C=O) groups excluding carboxylic acids is 1. The van der Waals surface area contributed by atoms with E-state index in [4.69, 9.17) is 0 Å². The minimum absolute atomic E-state index is 0.331. The van der Waals surface area contributed by atoms with Gasteiger partial charge in [-0.05, 0) is 18.6 Å². The molecule has 0 spiro atoms. The minimum Gasteiger partial charge on any atom is -0.464 e. The standard InChI is InChI=1S/C11H12O2/c1-10-4-6-11(7-5-10)3-2-8-13-9-12/h2-7,9H,8H2,1H3/b3-2+. The van der Waals surface area contributed by atoms with Gasteiger partial charge >= 0.3 is 0 Å². The Kier molecular flexibility index (Phi) is 3.76. The zero-order valence-corrected chi connectivity index (χ0v) is 7.57. The molecule has 13 heavy (non-hydrogen) atoms. The molecule has 0 amide bonds. The predicted molar refractivity (Wildman–Crippen MR) is 52.2 cm³/mol. The van der Waals surface area contributed by atoms with Gasteiger partial charge in [-0.15, -0.1) is 0 Å². The Morgan fingerprint density at radius 3 is 2.62 bits per heavy atom. The summed E-state index contributed by atoms with van der Waals surface area (Å²) in [6.45, 7) is 2.82. The lowest BCUT2D eigenvalue weighted by atomic mass is 10.1. The summed E-state index contributed by atoms with van der Waals surface area (Å²) in [5.41, 5.74) is 2.35. The average Bonchev–Trinajstić information content (AvgIpc) is 2.15. The van der Waals surface area contributed by atoms with Crippen molar-refractivity contribution in [3.05, 3.63) is 41.5 Å². The van der Waals surface area contributed by atoms with Crippen LogP contribution in [0, 0.1) is 6.92 Å². The SMILES string of the molecule is Cc1ccc(/C=C/COC=O)cc1. The maximum Gasteiger partial charge on any atom is 0.293 e. The van der Waals surface area contributed by atoms with E-state index in [2.05, 4.69) is 4.74 Å². The van der Waals surface area contributed by atoms with Gasteiger partial charge in [-0.3, -0.25) is 4.79 Å². The molecule has 0 heterocycles. The molecule has 2 nitrogen and oxygen atoms in total. The van der Waals surface area contributed by atoms with Crippen LogP contribution in [-0.4, -0.2) is 13.1 Å². The molecule has 0 saturated carbocycles. The second-order valence-electron chi connectivity index (χ2n) is 2.74. The van der Waals surface area contributed by atoms with E-state index in [1.807, 2.05) is 37.3 Å². The molecular formula is C11H12O2. The summed E-state index contributed by atoms with van der Waals surface area (Å²) in [7, 11) is 0. The van der Waals surface area contributed by atoms with E-state index >= 15 is 0 Å². The number of rotatable bonds is 4. The quantitative estimate of drug-likeness (QED) is 0.519. The number of carbonyl (C=O) groups is 1. The van der Waals surface area contributed by atoms with Crippen LogP contribution in [0.2, 0.25) is 0 Å². The average molecular weight is 176 g/mol. The van der Waals surface area contributed by atoms with E-state index in [9.17, 15) is 4.79 Å². The van der Waals surface area contributed by atoms with Crippen molar-refractivity contribution in [2.45, 2.75) is 6.92 Å². The molecule has 0 aromatic heterocycles. The summed E-state index contributed by atoms with van der Waals surface area (Å²) in [6, 6.07) is 8.12. The molecule has 2 heteroatoms. The van der Waals surface area contributed by atoms with Crippen LogP contribution in [0.3, 0.4) is 0 Å². The molecule has 0 radical (unpaired) electrons. The monoisotopic (exact) mass is 176 g/mol. The van der Waals surface area contributed by atoms with E-state index in [0.717, 1.165) is 5.56 Å². The molecule has 0 aliphatic heterocycles. The van der Waals surface area contributed by atoms with Crippen LogP contribution in [0.15, 0.2) is 30.3 Å². The van der Waals surface area contributed by atoms with E-state index in [-0.39, 0.29) is 0 Å². The predicted octanol–water partition coefficient (Wildman–Crippen LogP) is 2.18. The van der Waals surface area contributed by atoms with Crippen LogP contribution in [0.4, 0.5) is 0 Å². The number of aryl methyl sites for hydroxylation is 1. The highest BCUT2D eigenvalue weighted by atomic mass is 16.5. The van der Waals surface area contributed by atoms with Gasteiger partial charge in [0, 0.05) is 0 Å². The van der Waals surface area contributed by atoms with Crippen LogP contribution >= 0.6 is 0 Å². The molecule has 1 aromatic carbocycles.